The quantitative estimate of drug-likeness (QED) is 0.819. The molecule has 0 fully saturated rings. The average Bonchev–Trinajstić information content (AvgIpc) is 2.25. The van der Waals surface area contributed by atoms with E-state index in [1.54, 1.807) is 6.07 Å². The molecule has 1 aromatic heterocycles. The summed E-state index contributed by atoms with van der Waals surface area (Å²) in [6, 6.07) is 2.14. The van der Waals surface area contributed by atoms with Crippen LogP contribution in [0.2, 0.25) is 0 Å². The summed E-state index contributed by atoms with van der Waals surface area (Å²) in [6.45, 7) is 5.26. The number of fused-ring (bicyclic) bond motifs is 1. The van der Waals surface area contributed by atoms with E-state index in [2.05, 4.69) is 17.2 Å². The summed E-state index contributed by atoms with van der Waals surface area (Å²) in [5.74, 6) is 0. The van der Waals surface area contributed by atoms with Crippen molar-refractivity contribution in [2.45, 2.75) is 45.6 Å². The first-order chi connectivity index (χ1) is 7.72. The summed E-state index contributed by atoms with van der Waals surface area (Å²) in [6.07, 6.45) is 4.50. The lowest BCUT2D eigenvalue weighted by Crippen LogP contribution is -2.29. The van der Waals surface area contributed by atoms with Crippen molar-refractivity contribution in [3.63, 3.8) is 0 Å². The van der Waals surface area contributed by atoms with E-state index in [0.717, 1.165) is 37.1 Å². The first kappa shape index (κ1) is 11.4. The highest BCUT2D eigenvalue weighted by Gasteiger charge is 2.22. The van der Waals surface area contributed by atoms with Crippen LogP contribution >= 0.6 is 0 Å². The standard InChI is InChI=1S/C13H20N2O/c1-3-7-14-10-5-4-6-11-13(10)9(2)8-12(16)15-11/h8,10,14H,3-7H2,1-2H3,(H,15,16)/t10-/m0/s1. The molecule has 1 aliphatic carbocycles. The van der Waals surface area contributed by atoms with Crippen molar-refractivity contribution >= 4 is 0 Å². The summed E-state index contributed by atoms with van der Waals surface area (Å²) >= 11 is 0. The molecule has 2 N–H and O–H groups in total. The second kappa shape index (κ2) is 4.83. The molecular weight excluding hydrogens is 200 g/mol. The highest BCUT2D eigenvalue weighted by Crippen LogP contribution is 2.29. The Morgan fingerprint density at radius 3 is 3.12 bits per heavy atom. The Balaban J connectivity index is 2.33. The summed E-state index contributed by atoms with van der Waals surface area (Å²) in [7, 11) is 0. The molecule has 0 spiro atoms. The van der Waals surface area contributed by atoms with Crippen LogP contribution in [0, 0.1) is 6.92 Å². The molecule has 1 heterocycles. The van der Waals surface area contributed by atoms with Crippen LogP contribution in [-0.4, -0.2) is 11.5 Å². The Morgan fingerprint density at radius 2 is 2.38 bits per heavy atom. The minimum Gasteiger partial charge on any atom is -0.326 e. The fourth-order valence-corrected chi connectivity index (χ4v) is 2.60. The Hall–Kier alpha value is -1.09. The van der Waals surface area contributed by atoms with Gasteiger partial charge in [0, 0.05) is 17.8 Å². The number of nitrogens with one attached hydrogen (secondary N) is 2. The molecule has 1 aliphatic rings. The molecule has 16 heavy (non-hydrogen) atoms. The van der Waals surface area contributed by atoms with Crippen LogP contribution in [0.5, 0.6) is 0 Å². The van der Waals surface area contributed by atoms with Gasteiger partial charge in [-0.3, -0.25) is 4.79 Å². The summed E-state index contributed by atoms with van der Waals surface area (Å²) in [5.41, 5.74) is 3.64. The van der Waals surface area contributed by atoms with Gasteiger partial charge in [-0.1, -0.05) is 6.92 Å². The number of H-pyrrole nitrogens is 1. The minimum absolute atomic E-state index is 0.0346. The van der Waals surface area contributed by atoms with Crippen molar-refractivity contribution in [3.05, 3.63) is 33.2 Å². The van der Waals surface area contributed by atoms with E-state index in [-0.39, 0.29) is 5.56 Å². The third-order valence-corrected chi connectivity index (χ3v) is 3.28. The second-order valence-corrected chi connectivity index (χ2v) is 4.61. The second-order valence-electron chi connectivity index (χ2n) is 4.61. The molecule has 0 saturated carbocycles. The zero-order valence-corrected chi connectivity index (χ0v) is 10.1. The van der Waals surface area contributed by atoms with Gasteiger partial charge in [0.1, 0.15) is 0 Å². The van der Waals surface area contributed by atoms with Crippen molar-refractivity contribution in [2.75, 3.05) is 6.54 Å². The van der Waals surface area contributed by atoms with Gasteiger partial charge >= 0.3 is 0 Å². The molecule has 3 nitrogen and oxygen atoms in total. The van der Waals surface area contributed by atoms with Gasteiger partial charge in [-0.25, -0.2) is 0 Å². The van der Waals surface area contributed by atoms with Gasteiger partial charge in [0.15, 0.2) is 0 Å². The van der Waals surface area contributed by atoms with Crippen molar-refractivity contribution < 1.29 is 0 Å². The number of hydrogen-bond acceptors (Lipinski definition) is 2. The Bertz CT molecular complexity index is 422. The molecule has 3 heteroatoms. The maximum Gasteiger partial charge on any atom is 0.248 e. The lowest BCUT2D eigenvalue weighted by atomic mass is 9.88. The molecule has 0 unspecified atom stereocenters. The molecular formula is C13H20N2O. The van der Waals surface area contributed by atoms with Gasteiger partial charge in [0.2, 0.25) is 5.56 Å². The number of pyridine rings is 1. The van der Waals surface area contributed by atoms with Gasteiger partial charge in [-0.2, -0.15) is 0 Å². The van der Waals surface area contributed by atoms with E-state index >= 15 is 0 Å². The molecule has 0 aromatic carbocycles. The zero-order chi connectivity index (χ0) is 11.5. The summed E-state index contributed by atoms with van der Waals surface area (Å²) in [4.78, 5) is 14.4. The maximum absolute atomic E-state index is 11.4. The number of aryl methyl sites for hydroxylation is 2. The van der Waals surface area contributed by atoms with Gasteiger partial charge in [0.05, 0.1) is 0 Å². The molecule has 1 atom stereocenters. The fraction of sp³-hybridized carbons (Fsp3) is 0.615. The minimum atomic E-state index is 0.0346. The molecule has 2 rings (SSSR count). The van der Waals surface area contributed by atoms with Crippen molar-refractivity contribution in [1.29, 1.82) is 0 Å². The van der Waals surface area contributed by atoms with Crippen molar-refractivity contribution in [2.24, 2.45) is 0 Å². The van der Waals surface area contributed by atoms with Crippen LogP contribution in [0.15, 0.2) is 10.9 Å². The number of hydrogen-bond donors (Lipinski definition) is 2. The first-order valence-electron chi connectivity index (χ1n) is 6.18. The van der Waals surface area contributed by atoms with Crippen molar-refractivity contribution in [1.82, 2.24) is 10.3 Å². The maximum atomic E-state index is 11.4. The summed E-state index contributed by atoms with van der Waals surface area (Å²) < 4.78 is 0. The lowest BCUT2D eigenvalue weighted by Gasteiger charge is -2.27. The summed E-state index contributed by atoms with van der Waals surface area (Å²) in [5, 5.41) is 3.57. The lowest BCUT2D eigenvalue weighted by molar-refractivity contribution is 0.452. The third-order valence-electron chi connectivity index (χ3n) is 3.28. The molecule has 0 radical (unpaired) electrons. The van der Waals surface area contributed by atoms with Crippen LogP contribution in [0.4, 0.5) is 0 Å². The molecule has 0 amide bonds. The van der Waals surface area contributed by atoms with E-state index in [1.165, 1.54) is 12.0 Å². The molecule has 0 bridgehead atoms. The smallest absolute Gasteiger partial charge is 0.248 e. The van der Waals surface area contributed by atoms with Crippen LogP contribution in [0.25, 0.3) is 0 Å². The highest BCUT2D eigenvalue weighted by atomic mass is 16.1. The number of rotatable bonds is 3. The highest BCUT2D eigenvalue weighted by molar-refractivity contribution is 5.34. The predicted octanol–water partition coefficient (Wildman–Crippen LogP) is 2.06. The molecule has 1 aromatic rings. The fourth-order valence-electron chi connectivity index (χ4n) is 2.60. The van der Waals surface area contributed by atoms with E-state index in [1.807, 2.05) is 6.92 Å². The topological polar surface area (TPSA) is 44.9 Å². The van der Waals surface area contributed by atoms with Gasteiger partial charge < -0.3 is 10.3 Å². The zero-order valence-electron chi connectivity index (χ0n) is 10.1. The number of aromatic amines is 1. The van der Waals surface area contributed by atoms with Crippen LogP contribution in [0.1, 0.15) is 49.0 Å². The van der Waals surface area contributed by atoms with E-state index in [0.29, 0.717) is 6.04 Å². The van der Waals surface area contributed by atoms with E-state index in [4.69, 9.17) is 0 Å². The Labute approximate surface area is 96.3 Å². The SMILES string of the molecule is CCCN[C@H]1CCCc2[nH]c(=O)cc(C)c21. The normalized spacial score (nSPS) is 19.5. The monoisotopic (exact) mass is 220 g/mol. The van der Waals surface area contributed by atoms with E-state index in [9.17, 15) is 4.79 Å². The van der Waals surface area contributed by atoms with Gasteiger partial charge in [-0.05, 0) is 50.3 Å². The van der Waals surface area contributed by atoms with Crippen LogP contribution in [-0.2, 0) is 6.42 Å². The van der Waals surface area contributed by atoms with Gasteiger partial charge in [0.25, 0.3) is 0 Å². The predicted molar refractivity (Wildman–Crippen MR) is 65.8 cm³/mol. The Kier molecular flexibility index (Phi) is 3.44. The van der Waals surface area contributed by atoms with E-state index < -0.39 is 0 Å². The first-order valence-corrected chi connectivity index (χ1v) is 6.18. The molecule has 88 valence electrons. The number of aromatic nitrogens is 1. The van der Waals surface area contributed by atoms with Gasteiger partial charge in [-0.15, -0.1) is 0 Å². The molecule has 0 saturated heterocycles. The van der Waals surface area contributed by atoms with Crippen LogP contribution < -0.4 is 10.9 Å². The third kappa shape index (κ3) is 2.19. The largest absolute Gasteiger partial charge is 0.326 e. The van der Waals surface area contributed by atoms with Crippen LogP contribution in [0.3, 0.4) is 0 Å². The Morgan fingerprint density at radius 1 is 1.56 bits per heavy atom. The molecule has 0 aliphatic heterocycles. The average molecular weight is 220 g/mol. The van der Waals surface area contributed by atoms with Crippen molar-refractivity contribution in [3.8, 4) is 0 Å².